The molecule has 0 N–H and O–H groups in total. The first-order chi connectivity index (χ1) is 11.1. The van der Waals surface area contributed by atoms with E-state index >= 15 is 0 Å². The standard InChI is InChI=1S/C18H20FNO3/c1-2-23-17(21)7-6-12-4-3-5-13-11-20(9-8-14(12)13)18(22)15-10-16(15)19/h3-7,15-16H,2,8-11H2,1H3. The van der Waals surface area contributed by atoms with Crippen LogP contribution in [0.25, 0.3) is 6.08 Å². The van der Waals surface area contributed by atoms with Crippen molar-refractivity contribution in [2.45, 2.75) is 32.5 Å². The molecule has 0 aromatic heterocycles. The summed E-state index contributed by atoms with van der Waals surface area (Å²) in [6.07, 6.45) is 3.31. The monoisotopic (exact) mass is 317 g/mol. The Kier molecular flexibility index (Phi) is 4.46. The van der Waals surface area contributed by atoms with Gasteiger partial charge in [0.2, 0.25) is 5.91 Å². The average molecular weight is 317 g/mol. The van der Waals surface area contributed by atoms with Crippen LogP contribution in [0.3, 0.4) is 0 Å². The highest BCUT2D eigenvalue weighted by Gasteiger charge is 2.46. The van der Waals surface area contributed by atoms with Gasteiger partial charge in [-0.2, -0.15) is 0 Å². The molecule has 1 heterocycles. The molecule has 5 heteroatoms. The number of hydrogen-bond acceptors (Lipinski definition) is 3. The molecule has 2 aliphatic rings. The first kappa shape index (κ1) is 15.7. The predicted molar refractivity (Wildman–Crippen MR) is 84.2 cm³/mol. The van der Waals surface area contributed by atoms with Crippen molar-refractivity contribution in [2.75, 3.05) is 13.2 Å². The van der Waals surface area contributed by atoms with E-state index in [1.54, 1.807) is 17.9 Å². The van der Waals surface area contributed by atoms with E-state index in [4.69, 9.17) is 4.74 Å². The van der Waals surface area contributed by atoms with Crippen molar-refractivity contribution in [1.82, 2.24) is 4.90 Å². The average Bonchev–Trinajstić information content (AvgIpc) is 3.28. The zero-order valence-corrected chi connectivity index (χ0v) is 13.1. The quantitative estimate of drug-likeness (QED) is 0.633. The van der Waals surface area contributed by atoms with Crippen molar-refractivity contribution in [2.24, 2.45) is 5.92 Å². The van der Waals surface area contributed by atoms with Crippen LogP contribution in [-0.2, 0) is 27.3 Å². The van der Waals surface area contributed by atoms with Gasteiger partial charge in [-0.15, -0.1) is 0 Å². The second-order valence-corrected chi connectivity index (χ2v) is 5.94. The number of rotatable bonds is 4. The van der Waals surface area contributed by atoms with Crippen LogP contribution < -0.4 is 0 Å². The van der Waals surface area contributed by atoms with Crippen LogP contribution in [0, 0.1) is 5.92 Å². The van der Waals surface area contributed by atoms with Gasteiger partial charge in [0.1, 0.15) is 6.17 Å². The van der Waals surface area contributed by atoms with Gasteiger partial charge in [0.15, 0.2) is 0 Å². The molecule has 1 fully saturated rings. The van der Waals surface area contributed by atoms with Gasteiger partial charge in [0.05, 0.1) is 12.5 Å². The summed E-state index contributed by atoms with van der Waals surface area (Å²) in [4.78, 5) is 25.3. The molecule has 3 rings (SSSR count). The largest absolute Gasteiger partial charge is 0.463 e. The normalized spacial score (nSPS) is 22.8. The number of benzene rings is 1. The number of nitrogens with zero attached hydrogens (tertiary/aromatic N) is 1. The third kappa shape index (κ3) is 3.44. The minimum Gasteiger partial charge on any atom is -0.463 e. The minimum atomic E-state index is -0.956. The third-order valence-corrected chi connectivity index (χ3v) is 4.33. The SMILES string of the molecule is CCOC(=O)C=Cc1cccc2c1CCN(C(=O)C1CC1F)C2. The zero-order valence-electron chi connectivity index (χ0n) is 13.1. The smallest absolute Gasteiger partial charge is 0.330 e. The summed E-state index contributed by atoms with van der Waals surface area (Å²) in [6, 6.07) is 5.84. The molecule has 1 amide bonds. The summed E-state index contributed by atoms with van der Waals surface area (Å²) in [5.41, 5.74) is 3.17. The van der Waals surface area contributed by atoms with Crippen LogP contribution >= 0.6 is 0 Å². The fourth-order valence-corrected chi connectivity index (χ4v) is 2.99. The molecule has 122 valence electrons. The molecule has 1 aromatic rings. The number of fused-ring (bicyclic) bond motifs is 1. The van der Waals surface area contributed by atoms with Crippen molar-refractivity contribution in [1.29, 1.82) is 0 Å². The van der Waals surface area contributed by atoms with E-state index in [0.717, 1.165) is 16.7 Å². The van der Waals surface area contributed by atoms with Crippen LogP contribution in [0.5, 0.6) is 0 Å². The molecule has 0 saturated heterocycles. The van der Waals surface area contributed by atoms with E-state index in [1.165, 1.54) is 6.08 Å². The van der Waals surface area contributed by atoms with Gasteiger partial charge in [0, 0.05) is 19.2 Å². The van der Waals surface area contributed by atoms with E-state index in [1.807, 2.05) is 18.2 Å². The van der Waals surface area contributed by atoms with Gasteiger partial charge < -0.3 is 9.64 Å². The maximum atomic E-state index is 13.1. The highest BCUT2D eigenvalue weighted by Crippen LogP contribution is 2.36. The number of amides is 1. The fraction of sp³-hybridized carbons (Fsp3) is 0.444. The number of carbonyl (C=O) groups is 2. The number of halogens is 1. The lowest BCUT2D eigenvalue weighted by Gasteiger charge is -2.30. The summed E-state index contributed by atoms with van der Waals surface area (Å²) < 4.78 is 18.0. The molecular weight excluding hydrogens is 297 g/mol. The van der Waals surface area contributed by atoms with Gasteiger partial charge in [-0.05, 0) is 42.5 Å². The van der Waals surface area contributed by atoms with E-state index in [0.29, 0.717) is 32.5 Å². The van der Waals surface area contributed by atoms with Gasteiger partial charge in [0.25, 0.3) is 0 Å². The van der Waals surface area contributed by atoms with Crippen LogP contribution in [0.1, 0.15) is 30.0 Å². The topological polar surface area (TPSA) is 46.6 Å². The van der Waals surface area contributed by atoms with Crippen LogP contribution in [-0.4, -0.2) is 36.1 Å². The van der Waals surface area contributed by atoms with Crippen molar-refractivity contribution in [3.05, 3.63) is 41.0 Å². The summed E-state index contributed by atoms with van der Waals surface area (Å²) in [6.45, 7) is 3.23. The van der Waals surface area contributed by atoms with Crippen molar-refractivity contribution in [3.8, 4) is 0 Å². The van der Waals surface area contributed by atoms with E-state index < -0.39 is 12.1 Å². The minimum absolute atomic E-state index is 0.0735. The Morgan fingerprint density at radius 2 is 2.22 bits per heavy atom. The molecule has 0 radical (unpaired) electrons. The lowest BCUT2D eigenvalue weighted by molar-refractivity contribution is -0.137. The van der Waals surface area contributed by atoms with Crippen LogP contribution in [0.4, 0.5) is 4.39 Å². The number of alkyl halides is 1. The summed E-state index contributed by atoms with van der Waals surface area (Å²) in [5, 5.41) is 0. The van der Waals surface area contributed by atoms with Crippen molar-refractivity contribution < 1.29 is 18.7 Å². The van der Waals surface area contributed by atoms with Crippen LogP contribution in [0.15, 0.2) is 24.3 Å². The molecule has 2 unspecified atom stereocenters. The van der Waals surface area contributed by atoms with Gasteiger partial charge in [-0.25, -0.2) is 9.18 Å². The number of hydrogen-bond donors (Lipinski definition) is 0. The first-order valence-electron chi connectivity index (χ1n) is 7.98. The maximum Gasteiger partial charge on any atom is 0.330 e. The molecule has 1 aliphatic heterocycles. The van der Waals surface area contributed by atoms with Gasteiger partial charge in [-0.1, -0.05) is 18.2 Å². The Balaban J connectivity index is 1.73. The number of carbonyl (C=O) groups excluding carboxylic acids is 2. The molecular formula is C18H20FNO3. The Labute approximate surface area is 134 Å². The second-order valence-electron chi connectivity index (χ2n) is 5.94. The lowest BCUT2D eigenvalue weighted by atomic mass is 9.94. The molecule has 1 aromatic carbocycles. The fourth-order valence-electron chi connectivity index (χ4n) is 2.99. The Bertz CT molecular complexity index is 656. The summed E-state index contributed by atoms with van der Waals surface area (Å²) in [5.74, 6) is -0.862. The summed E-state index contributed by atoms with van der Waals surface area (Å²) in [7, 11) is 0. The molecule has 4 nitrogen and oxygen atoms in total. The number of ether oxygens (including phenoxy) is 1. The maximum absolute atomic E-state index is 13.1. The lowest BCUT2D eigenvalue weighted by Crippen LogP contribution is -2.37. The molecule has 0 bridgehead atoms. The zero-order chi connectivity index (χ0) is 16.4. The first-order valence-corrected chi connectivity index (χ1v) is 7.98. The van der Waals surface area contributed by atoms with E-state index in [-0.39, 0.29) is 11.9 Å². The van der Waals surface area contributed by atoms with Gasteiger partial charge >= 0.3 is 5.97 Å². The highest BCUT2D eigenvalue weighted by molar-refractivity contribution is 5.87. The Morgan fingerprint density at radius 1 is 1.43 bits per heavy atom. The molecule has 0 spiro atoms. The van der Waals surface area contributed by atoms with Crippen LogP contribution in [0.2, 0.25) is 0 Å². The number of esters is 1. The van der Waals surface area contributed by atoms with Gasteiger partial charge in [-0.3, -0.25) is 4.79 Å². The van der Waals surface area contributed by atoms with E-state index in [9.17, 15) is 14.0 Å². The summed E-state index contributed by atoms with van der Waals surface area (Å²) >= 11 is 0. The van der Waals surface area contributed by atoms with Crippen molar-refractivity contribution in [3.63, 3.8) is 0 Å². The Morgan fingerprint density at radius 3 is 2.91 bits per heavy atom. The third-order valence-electron chi connectivity index (χ3n) is 4.33. The second kappa shape index (κ2) is 6.52. The van der Waals surface area contributed by atoms with E-state index in [2.05, 4.69) is 0 Å². The Hall–Kier alpha value is -2.17. The molecule has 1 aliphatic carbocycles. The molecule has 23 heavy (non-hydrogen) atoms. The molecule has 1 saturated carbocycles. The molecule has 2 atom stereocenters. The predicted octanol–water partition coefficient (Wildman–Crippen LogP) is 2.51. The highest BCUT2D eigenvalue weighted by atomic mass is 19.1. The van der Waals surface area contributed by atoms with Crippen molar-refractivity contribution >= 4 is 18.0 Å².